The lowest BCUT2D eigenvalue weighted by atomic mass is 9.82. The van der Waals surface area contributed by atoms with Crippen molar-refractivity contribution in [2.45, 2.75) is 128 Å². The maximum absolute atomic E-state index is 14.7. The zero-order chi connectivity index (χ0) is 45.0. The molecule has 1 saturated carbocycles. The summed E-state index contributed by atoms with van der Waals surface area (Å²) in [6.45, 7) is 7.40. The van der Waals surface area contributed by atoms with Crippen molar-refractivity contribution >= 4 is 46.9 Å². The summed E-state index contributed by atoms with van der Waals surface area (Å²) in [5.41, 5.74) is 4.94. The Labute approximate surface area is 356 Å². The summed E-state index contributed by atoms with van der Waals surface area (Å²) in [4.78, 5) is 109. The lowest BCUT2D eigenvalue weighted by Crippen LogP contribution is -2.55. The molecule has 2 aromatic rings. The summed E-state index contributed by atoms with van der Waals surface area (Å²) in [7, 11) is 2.84. The number of Topliss-reactive ketones (excluding diaryl/α,β-unsaturated/α-hetero) is 3. The first-order valence-electron chi connectivity index (χ1n) is 20.9. The van der Waals surface area contributed by atoms with Gasteiger partial charge in [0, 0.05) is 44.2 Å². The molecule has 2 fully saturated rings. The van der Waals surface area contributed by atoms with Crippen LogP contribution < -0.4 is 25.8 Å². The second-order valence-corrected chi connectivity index (χ2v) is 16.8. The Kier molecular flexibility index (Phi) is 17.1. The van der Waals surface area contributed by atoms with E-state index in [2.05, 4.69) is 10.6 Å². The van der Waals surface area contributed by atoms with Crippen LogP contribution in [0, 0.1) is 11.8 Å². The van der Waals surface area contributed by atoms with E-state index in [1.54, 1.807) is 13.0 Å². The average Bonchev–Trinajstić information content (AvgIpc) is 3.65. The number of ketones is 3. The molecular weight excluding hydrogens is 789 g/mol. The highest BCUT2D eigenvalue weighted by Gasteiger charge is 2.46. The number of nitrogens with one attached hydrogen (secondary N) is 2. The number of amides is 4. The van der Waals surface area contributed by atoms with Gasteiger partial charge in [0.05, 0.1) is 43.1 Å². The molecule has 332 valence electrons. The molecule has 4 rings (SSSR count). The van der Waals surface area contributed by atoms with Crippen molar-refractivity contribution < 1.29 is 57.7 Å². The molecule has 2 aromatic carbocycles. The number of hydrogen-bond acceptors (Lipinski definition) is 11. The normalized spacial score (nSPS) is 18.3. The molecule has 0 spiro atoms. The first-order chi connectivity index (χ1) is 28.9. The maximum Gasteiger partial charge on any atom is 0.336 e. The zero-order valence-corrected chi connectivity index (χ0v) is 36.0. The second-order valence-electron chi connectivity index (χ2n) is 16.8. The molecule has 4 amide bonds. The quantitative estimate of drug-likeness (QED) is 0.127. The van der Waals surface area contributed by atoms with Gasteiger partial charge in [-0.05, 0) is 75.8 Å². The van der Waals surface area contributed by atoms with Crippen LogP contribution in [0.2, 0.25) is 0 Å². The van der Waals surface area contributed by atoms with Gasteiger partial charge in [0.2, 0.25) is 23.5 Å². The molecular formula is C45H60N4O12. The highest BCUT2D eigenvalue weighted by Crippen LogP contribution is 2.33. The van der Waals surface area contributed by atoms with Crippen molar-refractivity contribution in [3.05, 3.63) is 59.2 Å². The summed E-state index contributed by atoms with van der Waals surface area (Å²) in [5.74, 6) is -6.86. The van der Waals surface area contributed by atoms with Gasteiger partial charge in [-0.25, -0.2) is 4.79 Å². The molecule has 1 aliphatic carbocycles. The van der Waals surface area contributed by atoms with E-state index in [1.165, 1.54) is 55.5 Å². The number of hydrogen-bond donors (Lipinski definition) is 4. The van der Waals surface area contributed by atoms with Crippen LogP contribution in [0.3, 0.4) is 0 Å². The average molecular weight is 849 g/mol. The number of ether oxygens (including phenoxy) is 3. The van der Waals surface area contributed by atoms with Crippen LogP contribution in [0.1, 0.15) is 131 Å². The number of nitrogens with zero attached hydrogens (tertiary/aromatic N) is 1. The molecule has 2 unspecified atom stereocenters. The van der Waals surface area contributed by atoms with Crippen molar-refractivity contribution in [1.29, 1.82) is 0 Å². The molecule has 0 aromatic heterocycles. The molecule has 2 aliphatic rings. The van der Waals surface area contributed by atoms with Gasteiger partial charge in [0.1, 0.15) is 23.6 Å². The van der Waals surface area contributed by atoms with Crippen LogP contribution in [0.25, 0.3) is 0 Å². The lowest BCUT2D eigenvalue weighted by molar-refractivity contribution is -0.143. The minimum Gasteiger partial charge on any atom is -0.497 e. The molecule has 1 heterocycles. The Bertz CT molecular complexity index is 1930. The Morgan fingerprint density at radius 1 is 0.885 bits per heavy atom. The number of carbonyl (C=O) groups excluding carboxylic acids is 7. The van der Waals surface area contributed by atoms with Gasteiger partial charge in [-0.1, -0.05) is 44.7 Å². The lowest BCUT2D eigenvalue weighted by Gasteiger charge is -2.35. The van der Waals surface area contributed by atoms with Crippen LogP contribution in [-0.2, 0) is 33.5 Å². The Morgan fingerprint density at radius 2 is 1.51 bits per heavy atom. The Morgan fingerprint density at radius 3 is 2.07 bits per heavy atom. The van der Waals surface area contributed by atoms with E-state index in [0.29, 0.717) is 30.8 Å². The van der Waals surface area contributed by atoms with Gasteiger partial charge in [-0.2, -0.15) is 0 Å². The van der Waals surface area contributed by atoms with E-state index >= 15 is 0 Å². The molecule has 16 nitrogen and oxygen atoms in total. The van der Waals surface area contributed by atoms with E-state index < -0.39 is 95.5 Å². The molecule has 0 bridgehead atoms. The van der Waals surface area contributed by atoms with Crippen molar-refractivity contribution in [3.8, 4) is 11.5 Å². The third-order valence-electron chi connectivity index (χ3n) is 11.1. The van der Waals surface area contributed by atoms with Gasteiger partial charge in [0.25, 0.3) is 5.91 Å². The van der Waals surface area contributed by atoms with Gasteiger partial charge in [-0.15, -0.1) is 0 Å². The molecule has 1 saturated heterocycles. The highest BCUT2D eigenvalue weighted by atomic mass is 16.5. The fourth-order valence-electron chi connectivity index (χ4n) is 8.22. The second kappa shape index (κ2) is 21.7. The number of carbonyl (C=O) groups is 8. The van der Waals surface area contributed by atoms with Crippen molar-refractivity contribution in [2.24, 2.45) is 17.6 Å². The smallest absolute Gasteiger partial charge is 0.336 e. The van der Waals surface area contributed by atoms with Gasteiger partial charge in [-0.3, -0.25) is 33.6 Å². The zero-order valence-electron chi connectivity index (χ0n) is 36.0. The van der Waals surface area contributed by atoms with Crippen LogP contribution in [0.5, 0.6) is 11.5 Å². The van der Waals surface area contributed by atoms with Crippen molar-refractivity contribution in [2.75, 3.05) is 20.8 Å². The van der Waals surface area contributed by atoms with Crippen molar-refractivity contribution in [3.63, 3.8) is 0 Å². The summed E-state index contributed by atoms with van der Waals surface area (Å²) in [6.07, 6.45) is 2.82. The number of nitrogens with two attached hydrogens (primary N) is 1. The monoisotopic (exact) mass is 848 g/mol. The summed E-state index contributed by atoms with van der Waals surface area (Å²) < 4.78 is 16.8. The maximum atomic E-state index is 14.7. The highest BCUT2D eigenvalue weighted by molar-refractivity contribution is 6.38. The molecule has 5 N–H and O–H groups in total. The van der Waals surface area contributed by atoms with Crippen LogP contribution in [0.4, 0.5) is 0 Å². The van der Waals surface area contributed by atoms with E-state index in [-0.39, 0.29) is 48.4 Å². The predicted octanol–water partition coefficient (Wildman–Crippen LogP) is 4.50. The Balaban J connectivity index is 1.52. The van der Waals surface area contributed by atoms with Gasteiger partial charge in [0.15, 0.2) is 11.6 Å². The van der Waals surface area contributed by atoms with E-state index in [0.717, 1.165) is 19.3 Å². The number of likely N-dealkylation sites (tertiary alicyclic amines) is 1. The van der Waals surface area contributed by atoms with Gasteiger partial charge >= 0.3 is 5.97 Å². The number of methoxy groups -OCH3 is 2. The molecule has 0 radical (unpaired) electrons. The minimum absolute atomic E-state index is 0.0343. The number of primary amides is 1. The molecule has 5 atom stereocenters. The van der Waals surface area contributed by atoms with E-state index in [1.807, 2.05) is 20.8 Å². The number of aromatic carboxylic acids is 1. The molecule has 16 heteroatoms. The van der Waals surface area contributed by atoms with E-state index in [4.69, 9.17) is 19.9 Å². The van der Waals surface area contributed by atoms with Crippen LogP contribution >= 0.6 is 0 Å². The summed E-state index contributed by atoms with van der Waals surface area (Å²) in [6, 6.07) is 6.92. The van der Waals surface area contributed by atoms with Crippen molar-refractivity contribution in [1.82, 2.24) is 15.5 Å². The summed E-state index contributed by atoms with van der Waals surface area (Å²) >= 11 is 0. The minimum atomic E-state index is -1.29. The summed E-state index contributed by atoms with van der Waals surface area (Å²) in [5, 5.41) is 15.1. The third-order valence-corrected chi connectivity index (χ3v) is 11.1. The number of benzene rings is 2. The van der Waals surface area contributed by atoms with Crippen LogP contribution in [-0.4, -0.2) is 102 Å². The largest absolute Gasteiger partial charge is 0.497 e. The Hall–Kier alpha value is -5.64. The van der Waals surface area contributed by atoms with Crippen LogP contribution in [0.15, 0.2) is 42.5 Å². The predicted molar refractivity (Wildman–Crippen MR) is 223 cm³/mol. The van der Waals surface area contributed by atoms with E-state index in [9.17, 15) is 43.5 Å². The fourth-order valence-corrected chi connectivity index (χ4v) is 8.22. The molecule has 61 heavy (non-hydrogen) atoms. The fraction of sp³-hybridized carbons (Fsp3) is 0.556. The third kappa shape index (κ3) is 13.2. The van der Waals surface area contributed by atoms with Gasteiger partial charge < -0.3 is 40.6 Å². The standard InChI is InChI=1S/C45H60N4O12/c1-7-13-27(40(53)35(50)18-19-37(52)47-38(41(46)54)28-20-29(59-5)23-30(21-28)60-6)22-36(51)34-24-31(61-45(2,3)4)25-49(34)43(56)39(26-14-9-8-10-15-26)48-42(55)32-16-11-12-17-33(32)44(57)58/h11-12,16-17,20-21,23,26-27,31,34,38-39H,7-10,13-15,18-19,22,24-25H2,1-6H3,(H2,46,54)(H,47,52)(H,48,55)(H,57,58)/t27?,31-,34+,38?,39+/m1/s1. The first-order valence-corrected chi connectivity index (χ1v) is 20.9. The topological polar surface area (TPSA) is 238 Å². The number of carboxylic acid groups (broad SMARTS) is 1. The number of carboxylic acids is 1. The number of rotatable bonds is 21. The first kappa shape index (κ1) is 48.0. The molecule has 1 aliphatic heterocycles. The SMILES string of the molecule is CCCC(CC(=O)[C@@H]1C[C@@H](OC(C)(C)C)CN1C(=O)[C@@H](NC(=O)c1ccccc1C(=O)O)C1CCCCC1)C(=O)C(=O)CCC(=O)NC(C(N)=O)c1cc(OC)cc(OC)c1.